The molecule has 0 bridgehead atoms. The van der Waals surface area contributed by atoms with E-state index in [-0.39, 0.29) is 18.1 Å². The summed E-state index contributed by atoms with van der Waals surface area (Å²) in [4.78, 5) is 12.9. The van der Waals surface area contributed by atoms with E-state index in [2.05, 4.69) is 0 Å². The Bertz CT molecular complexity index is 485. The van der Waals surface area contributed by atoms with Crippen LogP contribution >= 0.6 is 11.6 Å². The van der Waals surface area contributed by atoms with Gasteiger partial charge in [-0.05, 0) is 17.7 Å². The molecule has 1 aliphatic heterocycles. The van der Waals surface area contributed by atoms with Gasteiger partial charge >= 0.3 is 0 Å². The number of aliphatic hydroxyl groups excluding tert-OH is 1. The molecule has 17 heavy (non-hydrogen) atoms. The van der Waals surface area contributed by atoms with Crippen LogP contribution in [0, 0.1) is 0 Å². The molecule has 0 unspecified atom stereocenters. The van der Waals surface area contributed by atoms with Crippen LogP contribution in [0.3, 0.4) is 0 Å². The van der Waals surface area contributed by atoms with Gasteiger partial charge in [-0.25, -0.2) is 0 Å². The number of methoxy groups -OCH3 is 1. The average molecular weight is 254 g/mol. The van der Waals surface area contributed by atoms with Crippen molar-refractivity contribution in [2.24, 2.45) is 0 Å². The number of amides is 1. The second-order valence-corrected chi connectivity index (χ2v) is 4.18. The Kier molecular flexibility index (Phi) is 3.24. The van der Waals surface area contributed by atoms with Gasteiger partial charge in [0.1, 0.15) is 11.5 Å². The van der Waals surface area contributed by atoms with Crippen LogP contribution in [-0.4, -0.2) is 23.0 Å². The van der Waals surface area contributed by atoms with Crippen LogP contribution < -0.4 is 4.74 Å². The third kappa shape index (κ3) is 2.53. The largest absolute Gasteiger partial charge is 0.510 e. The zero-order valence-corrected chi connectivity index (χ0v) is 10.1. The summed E-state index contributed by atoms with van der Waals surface area (Å²) in [6, 6.07) is 5.28. The number of aliphatic hydroxyl groups is 1. The highest BCUT2D eigenvalue weighted by Gasteiger charge is 2.21. The number of carbonyl (C=O) groups excluding carboxylic acids is 1. The highest BCUT2D eigenvalue weighted by atomic mass is 35.5. The predicted molar refractivity (Wildman–Crippen MR) is 63.9 cm³/mol. The maximum Gasteiger partial charge on any atom is 0.234 e. The van der Waals surface area contributed by atoms with Crippen molar-refractivity contribution in [3.63, 3.8) is 0 Å². The third-order valence-corrected chi connectivity index (χ3v) is 2.91. The number of carbonyl (C=O) groups is 1. The van der Waals surface area contributed by atoms with Crippen LogP contribution in [0.1, 0.15) is 12.0 Å². The molecule has 1 heterocycles. The Labute approximate surface area is 104 Å². The zero-order valence-electron chi connectivity index (χ0n) is 9.31. The van der Waals surface area contributed by atoms with E-state index in [1.54, 1.807) is 25.3 Å². The number of hydrogen-bond donors (Lipinski definition) is 1. The molecule has 0 aliphatic carbocycles. The fraction of sp³-hybridized carbons (Fsp3) is 0.250. The topological polar surface area (TPSA) is 49.8 Å². The number of benzene rings is 1. The van der Waals surface area contributed by atoms with Gasteiger partial charge in [-0.1, -0.05) is 17.7 Å². The maximum absolute atomic E-state index is 11.5. The number of nitrogens with zero attached hydrogens (tertiary/aromatic N) is 1. The van der Waals surface area contributed by atoms with Crippen molar-refractivity contribution >= 4 is 17.5 Å². The number of rotatable bonds is 3. The molecule has 90 valence electrons. The lowest BCUT2D eigenvalue weighted by Gasteiger charge is -2.14. The molecular formula is C12H12ClNO3. The molecule has 0 radical (unpaired) electrons. The first-order chi connectivity index (χ1) is 8.10. The van der Waals surface area contributed by atoms with E-state index in [1.165, 1.54) is 11.1 Å². The molecule has 0 atom stereocenters. The van der Waals surface area contributed by atoms with Gasteiger partial charge in [0.05, 0.1) is 20.1 Å². The lowest BCUT2D eigenvalue weighted by atomic mass is 10.2. The molecule has 0 saturated heterocycles. The first-order valence-corrected chi connectivity index (χ1v) is 5.49. The molecule has 0 fully saturated rings. The van der Waals surface area contributed by atoms with Crippen molar-refractivity contribution in [2.45, 2.75) is 13.0 Å². The van der Waals surface area contributed by atoms with Gasteiger partial charge in [0, 0.05) is 11.2 Å². The SMILES string of the molecule is COc1ccc(CN2C=C(O)CC2=O)c(Cl)c1. The second-order valence-electron chi connectivity index (χ2n) is 3.78. The summed E-state index contributed by atoms with van der Waals surface area (Å²) in [7, 11) is 1.57. The van der Waals surface area contributed by atoms with Crippen LogP contribution in [0.4, 0.5) is 0 Å². The van der Waals surface area contributed by atoms with E-state index in [1.807, 2.05) is 0 Å². The van der Waals surface area contributed by atoms with E-state index in [0.29, 0.717) is 17.3 Å². The van der Waals surface area contributed by atoms with Gasteiger partial charge in [0.15, 0.2) is 0 Å². The van der Waals surface area contributed by atoms with Gasteiger partial charge in [-0.3, -0.25) is 4.79 Å². The van der Waals surface area contributed by atoms with Crippen LogP contribution in [0.25, 0.3) is 0 Å². The van der Waals surface area contributed by atoms with E-state index in [0.717, 1.165) is 5.56 Å². The summed E-state index contributed by atoms with van der Waals surface area (Å²) in [5.41, 5.74) is 0.812. The average Bonchev–Trinajstić information content (AvgIpc) is 2.60. The second kappa shape index (κ2) is 4.67. The lowest BCUT2D eigenvalue weighted by Crippen LogP contribution is -2.20. The highest BCUT2D eigenvalue weighted by molar-refractivity contribution is 6.31. The molecule has 0 saturated carbocycles. The van der Waals surface area contributed by atoms with Crippen molar-refractivity contribution < 1.29 is 14.6 Å². The van der Waals surface area contributed by atoms with Crippen molar-refractivity contribution in [3.05, 3.63) is 40.7 Å². The van der Waals surface area contributed by atoms with Crippen LogP contribution in [0.15, 0.2) is 30.2 Å². The number of ether oxygens (including phenoxy) is 1. The van der Waals surface area contributed by atoms with Crippen molar-refractivity contribution in [2.75, 3.05) is 7.11 Å². The van der Waals surface area contributed by atoms with Crippen molar-refractivity contribution in [1.82, 2.24) is 4.90 Å². The molecule has 1 aromatic rings. The van der Waals surface area contributed by atoms with E-state index >= 15 is 0 Å². The van der Waals surface area contributed by atoms with E-state index in [4.69, 9.17) is 16.3 Å². The maximum atomic E-state index is 11.5. The molecule has 4 nitrogen and oxygen atoms in total. The van der Waals surface area contributed by atoms with Crippen LogP contribution in [-0.2, 0) is 11.3 Å². The Morgan fingerprint density at radius 1 is 1.53 bits per heavy atom. The van der Waals surface area contributed by atoms with Gasteiger partial charge in [-0.15, -0.1) is 0 Å². The fourth-order valence-electron chi connectivity index (χ4n) is 1.65. The van der Waals surface area contributed by atoms with Crippen LogP contribution in [0.2, 0.25) is 5.02 Å². The molecular weight excluding hydrogens is 242 g/mol. The predicted octanol–water partition coefficient (Wildman–Crippen LogP) is 2.48. The quantitative estimate of drug-likeness (QED) is 0.900. The van der Waals surface area contributed by atoms with Gasteiger partial charge in [0.25, 0.3) is 0 Å². The van der Waals surface area contributed by atoms with E-state index in [9.17, 15) is 9.90 Å². The van der Waals surface area contributed by atoms with Gasteiger partial charge < -0.3 is 14.7 Å². The minimum atomic E-state index is -0.130. The molecule has 1 amide bonds. The first-order valence-electron chi connectivity index (χ1n) is 5.11. The molecule has 5 heteroatoms. The summed E-state index contributed by atoms with van der Waals surface area (Å²) < 4.78 is 5.04. The van der Waals surface area contributed by atoms with Crippen molar-refractivity contribution in [3.8, 4) is 5.75 Å². The summed E-state index contributed by atoms with van der Waals surface area (Å²) in [5.74, 6) is 0.624. The Morgan fingerprint density at radius 2 is 2.29 bits per heavy atom. The van der Waals surface area contributed by atoms with E-state index < -0.39 is 0 Å². The summed E-state index contributed by atoms with van der Waals surface area (Å²) in [6.45, 7) is 0.353. The minimum absolute atomic E-state index is 0.0633. The first kappa shape index (κ1) is 11.8. The standard InChI is InChI=1S/C12H12ClNO3/c1-17-10-3-2-8(11(13)5-10)6-14-7-9(15)4-12(14)16/h2-3,5,7,15H,4,6H2,1H3. The summed E-state index contributed by atoms with van der Waals surface area (Å²) in [5, 5.41) is 9.78. The van der Waals surface area contributed by atoms with Crippen molar-refractivity contribution in [1.29, 1.82) is 0 Å². The van der Waals surface area contributed by atoms with Gasteiger partial charge in [-0.2, -0.15) is 0 Å². The molecule has 2 rings (SSSR count). The lowest BCUT2D eigenvalue weighted by molar-refractivity contribution is -0.127. The fourth-order valence-corrected chi connectivity index (χ4v) is 1.88. The minimum Gasteiger partial charge on any atom is -0.510 e. The Hall–Kier alpha value is -1.68. The summed E-state index contributed by atoms with van der Waals surface area (Å²) in [6.07, 6.45) is 1.50. The van der Waals surface area contributed by atoms with Crippen LogP contribution in [0.5, 0.6) is 5.75 Å². The molecule has 1 aliphatic rings. The van der Waals surface area contributed by atoms with Gasteiger partial charge in [0.2, 0.25) is 5.91 Å². The summed E-state index contributed by atoms with van der Waals surface area (Å²) >= 11 is 6.07. The molecule has 0 aromatic heterocycles. The highest BCUT2D eigenvalue weighted by Crippen LogP contribution is 2.25. The zero-order chi connectivity index (χ0) is 12.4. The monoisotopic (exact) mass is 253 g/mol. The smallest absolute Gasteiger partial charge is 0.234 e. The normalized spacial score (nSPS) is 15.1. The third-order valence-electron chi connectivity index (χ3n) is 2.56. The number of halogens is 1. The Balaban J connectivity index is 2.16. The molecule has 1 aromatic carbocycles. The molecule has 0 spiro atoms. The number of hydrogen-bond acceptors (Lipinski definition) is 3. The molecule has 1 N–H and O–H groups in total. The Morgan fingerprint density at radius 3 is 2.82 bits per heavy atom.